The van der Waals surface area contributed by atoms with Gasteiger partial charge in [0.15, 0.2) is 5.84 Å². The van der Waals surface area contributed by atoms with E-state index in [1.165, 1.54) is 0 Å². The van der Waals surface area contributed by atoms with Crippen molar-refractivity contribution in [2.45, 2.75) is 19.3 Å². The Hall–Kier alpha value is -1.92. The predicted molar refractivity (Wildman–Crippen MR) is 82.2 cm³/mol. The number of nitrogens with zero attached hydrogens (tertiary/aromatic N) is 1. The quantitative estimate of drug-likeness (QED) is 0.289. The minimum atomic E-state index is -0.728. The highest BCUT2D eigenvalue weighted by atomic mass is 35.5. The van der Waals surface area contributed by atoms with E-state index in [0.29, 0.717) is 29.5 Å². The zero-order valence-electron chi connectivity index (χ0n) is 11.3. The lowest BCUT2D eigenvalue weighted by atomic mass is 9.72. The van der Waals surface area contributed by atoms with Crippen LogP contribution in [0.3, 0.4) is 0 Å². The van der Waals surface area contributed by atoms with Gasteiger partial charge in [0.1, 0.15) is 0 Å². The lowest BCUT2D eigenvalue weighted by Crippen LogP contribution is -2.32. The third-order valence-corrected chi connectivity index (χ3v) is 3.90. The van der Waals surface area contributed by atoms with E-state index in [2.05, 4.69) is 10.4 Å². The SMILES string of the molecule is N=CC(=Nc1ccc(Cl)cc1CC1CC(C(=O)O)C1)NN. The summed E-state index contributed by atoms with van der Waals surface area (Å²) in [6.07, 6.45) is 3.11. The number of benzene rings is 1. The fourth-order valence-electron chi connectivity index (χ4n) is 2.48. The van der Waals surface area contributed by atoms with Crippen LogP contribution in [0.25, 0.3) is 0 Å². The first-order valence-electron chi connectivity index (χ1n) is 6.60. The summed E-state index contributed by atoms with van der Waals surface area (Å²) in [4.78, 5) is 15.1. The van der Waals surface area contributed by atoms with Gasteiger partial charge in [-0.05, 0) is 48.9 Å². The molecule has 0 aromatic heterocycles. The van der Waals surface area contributed by atoms with Crippen molar-refractivity contribution < 1.29 is 9.90 Å². The minimum absolute atomic E-state index is 0.232. The summed E-state index contributed by atoms with van der Waals surface area (Å²) < 4.78 is 0. The molecule has 5 N–H and O–H groups in total. The molecule has 0 radical (unpaired) electrons. The lowest BCUT2D eigenvalue weighted by molar-refractivity contribution is -0.146. The van der Waals surface area contributed by atoms with Crippen molar-refractivity contribution in [3.63, 3.8) is 0 Å². The van der Waals surface area contributed by atoms with Crippen LogP contribution >= 0.6 is 11.6 Å². The van der Waals surface area contributed by atoms with Crippen molar-refractivity contribution in [3.8, 4) is 0 Å². The van der Waals surface area contributed by atoms with E-state index < -0.39 is 5.97 Å². The molecule has 1 fully saturated rings. The molecule has 0 atom stereocenters. The van der Waals surface area contributed by atoms with Gasteiger partial charge in [0.2, 0.25) is 0 Å². The minimum Gasteiger partial charge on any atom is -0.481 e. The molecule has 0 spiro atoms. The second kappa shape index (κ2) is 6.69. The number of carboxylic acids is 1. The van der Waals surface area contributed by atoms with Gasteiger partial charge in [-0.25, -0.2) is 10.8 Å². The van der Waals surface area contributed by atoms with Crippen LogP contribution in [-0.4, -0.2) is 23.1 Å². The van der Waals surface area contributed by atoms with E-state index in [9.17, 15) is 4.79 Å². The predicted octanol–water partition coefficient (Wildman–Crippen LogP) is 2.14. The highest BCUT2D eigenvalue weighted by Gasteiger charge is 2.34. The van der Waals surface area contributed by atoms with Gasteiger partial charge in [0.25, 0.3) is 0 Å². The van der Waals surface area contributed by atoms with Gasteiger partial charge < -0.3 is 15.9 Å². The topological polar surface area (TPSA) is 112 Å². The molecule has 21 heavy (non-hydrogen) atoms. The van der Waals surface area contributed by atoms with E-state index in [1.807, 2.05) is 6.07 Å². The summed E-state index contributed by atoms with van der Waals surface area (Å²) in [5.74, 6) is 4.89. The fraction of sp³-hybridized carbons (Fsp3) is 0.357. The summed E-state index contributed by atoms with van der Waals surface area (Å²) >= 11 is 6.02. The van der Waals surface area contributed by atoms with Crippen LogP contribution in [0.1, 0.15) is 18.4 Å². The summed E-state index contributed by atoms with van der Waals surface area (Å²) in [5, 5.41) is 16.7. The molecule has 1 aromatic rings. The van der Waals surface area contributed by atoms with Gasteiger partial charge in [0, 0.05) is 5.02 Å². The van der Waals surface area contributed by atoms with Gasteiger partial charge in [-0.2, -0.15) is 0 Å². The molecule has 1 aromatic carbocycles. The maximum atomic E-state index is 10.8. The Balaban J connectivity index is 2.15. The van der Waals surface area contributed by atoms with E-state index in [4.69, 9.17) is 28.0 Å². The summed E-state index contributed by atoms with van der Waals surface area (Å²) in [6, 6.07) is 5.32. The number of hydrogen-bond acceptors (Lipinski definition) is 4. The van der Waals surface area contributed by atoms with Crippen molar-refractivity contribution in [2.75, 3.05) is 0 Å². The number of nitrogens with one attached hydrogen (secondary N) is 2. The number of amidine groups is 1. The van der Waals surface area contributed by atoms with Gasteiger partial charge >= 0.3 is 5.97 Å². The highest BCUT2D eigenvalue weighted by Crippen LogP contribution is 2.38. The first-order chi connectivity index (χ1) is 10.0. The number of rotatable bonds is 5. The van der Waals surface area contributed by atoms with Crippen LogP contribution in [-0.2, 0) is 11.2 Å². The lowest BCUT2D eigenvalue weighted by Gasteiger charge is -2.32. The summed E-state index contributed by atoms with van der Waals surface area (Å²) in [6.45, 7) is 0. The fourth-order valence-corrected chi connectivity index (χ4v) is 2.67. The van der Waals surface area contributed by atoms with Crippen LogP contribution in [0.4, 0.5) is 5.69 Å². The molecular weight excluding hydrogens is 292 g/mol. The number of carbonyl (C=O) groups is 1. The number of aliphatic imine (C=N–C) groups is 1. The Morgan fingerprint density at radius 1 is 1.57 bits per heavy atom. The van der Waals surface area contributed by atoms with Gasteiger partial charge in [-0.3, -0.25) is 4.79 Å². The second-order valence-electron chi connectivity index (χ2n) is 5.14. The van der Waals surface area contributed by atoms with Gasteiger partial charge in [-0.15, -0.1) is 0 Å². The first-order valence-corrected chi connectivity index (χ1v) is 6.98. The molecule has 0 amide bonds. The molecule has 112 valence electrons. The summed E-state index contributed by atoms with van der Waals surface area (Å²) in [7, 11) is 0. The van der Waals surface area contributed by atoms with Crippen molar-refractivity contribution in [1.82, 2.24) is 5.43 Å². The average Bonchev–Trinajstić information content (AvgIpc) is 2.41. The number of nitrogens with two attached hydrogens (primary N) is 1. The number of halogens is 1. The van der Waals surface area contributed by atoms with Gasteiger partial charge in [0.05, 0.1) is 17.8 Å². The van der Waals surface area contributed by atoms with E-state index >= 15 is 0 Å². The molecule has 0 bridgehead atoms. The van der Waals surface area contributed by atoms with E-state index in [1.54, 1.807) is 12.1 Å². The molecule has 0 aliphatic heterocycles. The number of hydrazine groups is 1. The molecule has 0 heterocycles. The zero-order chi connectivity index (χ0) is 15.4. The van der Waals surface area contributed by atoms with Crippen LogP contribution in [0.15, 0.2) is 23.2 Å². The number of hydrogen-bond donors (Lipinski definition) is 4. The molecule has 2 rings (SSSR count). The Morgan fingerprint density at radius 3 is 2.86 bits per heavy atom. The monoisotopic (exact) mass is 308 g/mol. The number of aliphatic carboxylic acids is 1. The third-order valence-electron chi connectivity index (χ3n) is 3.66. The Kier molecular flexibility index (Phi) is 4.93. The van der Waals surface area contributed by atoms with Crippen LogP contribution in [0.5, 0.6) is 0 Å². The molecule has 7 heteroatoms. The van der Waals surface area contributed by atoms with Crippen LogP contribution in [0, 0.1) is 17.2 Å². The van der Waals surface area contributed by atoms with E-state index in [-0.39, 0.29) is 11.8 Å². The average molecular weight is 309 g/mol. The Morgan fingerprint density at radius 2 is 2.29 bits per heavy atom. The maximum absolute atomic E-state index is 10.8. The van der Waals surface area contributed by atoms with Gasteiger partial charge in [-0.1, -0.05) is 11.6 Å². The van der Waals surface area contributed by atoms with Crippen molar-refractivity contribution in [2.24, 2.45) is 22.7 Å². The smallest absolute Gasteiger partial charge is 0.306 e. The van der Waals surface area contributed by atoms with Crippen molar-refractivity contribution >= 4 is 35.3 Å². The molecule has 0 unspecified atom stereocenters. The molecule has 1 aliphatic carbocycles. The highest BCUT2D eigenvalue weighted by molar-refractivity contribution is 6.31. The van der Waals surface area contributed by atoms with Crippen molar-refractivity contribution in [3.05, 3.63) is 28.8 Å². The van der Waals surface area contributed by atoms with Crippen LogP contribution < -0.4 is 11.3 Å². The zero-order valence-corrected chi connectivity index (χ0v) is 12.1. The molecule has 6 nitrogen and oxygen atoms in total. The molecule has 1 aliphatic rings. The Labute approximate surface area is 127 Å². The largest absolute Gasteiger partial charge is 0.481 e. The van der Waals surface area contributed by atoms with E-state index in [0.717, 1.165) is 18.2 Å². The third kappa shape index (κ3) is 3.80. The standard InChI is InChI=1S/C14H17ClN4O2/c15-11-1-2-12(18-13(7-16)19-17)9(6-11)3-8-4-10(5-8)14(20)21/h1-2,6-8,10,16H,3-5,17H2,(H,18,19)(H,20,21). The molecule has 1 saturated carbocycles. The Bertz CT molecular complexity index is 582. The van der Waals surface area contributed by atoms with Crippen molar-refractivity contribution in [1.29, 1.82) is 5.41 Å². The normalized spacial score (nSPS) is 21.5. The number of carboxylic acid groups (broad SMARTS) is 1. The molecule has 0 saturated heterocycles. The second-order valence-corrected chi connectivity index (χ2v) is 5.57. The maximum Gasteiger partial charge on any atom is 0.306 e. The first kappa shape index (κ1) is 15.5. The van der Waals surface area contributed by atoms with Crippen LogP contribution in [0.2, 0.25) is 5.02 Å². The molecular formula is C14H17ClN4O2. The summed E-state index contributed by atoms with van der Waals surface area (Å²) in [5.41, 5.74) is 3.97.